The molecule has 0 radical (unpaired) electrons. The van der Waals surface area contributed by atoms with Crippen molar-refractivity contribution in [2.24, 2.45) is 5.92 Å². The predicted octanol–water partition coefficient (Wildman–Crippen LogP) is 2.95. The minimum Gasteiger partial charge on any atom is -0.481 e. The van der Waals surface area contributed by atoms with Gasteiger partial charge in [0, 0.05) is 31.0 Å². The van der Waals surface area contributed by atoms with Crippen molar-refractivity contribution in [2.45, 2.75) is 51.0 Å². The maximum absolute atomic E-state index is 9.96. The van der Waals surface area contributed by atoms with Crippen molar-refractivity contribution < 1.29 is 9.84 Å². The number of pyridine rings is 1. The third-order valence-electron chi connectivity index (χ3n) is 5.09. The van der Waals surface area contributed by atoms with Crippen LogP contribution in [0.5, 0.6) is 5.88 Å². The summed E-state index contributed by atoms with van der Waals surface area (Å²) in [5.74, 6) is 1.64. The van der Waals surface area contributed by atoms with Crippen LogP contribution in [0.15, 0.2) is 12.3 Å². The van der Waals surface area contributed by atoms with E-state index in [1.807, 2.05) is 6.20 Å². The van der Waals surface area contributed by atoms with Gasteiger partial charge < -0.3 is 14.7 Å². The van der Waals surface area contributed by atoms with Gasteiger partial charge in [-0.25, -0.2) is 4.98 Å². The van der Waals surface area contributed by atoms with Gasteiger partial charge in [0.05, 0.1) is 13.2 Å². The fourth-order valence-corrected chi connectivity index (χ4v) is 3.73. The van der Waals surface area contributed by atoms with Crippen LogP contribution in [0, 0.1) is 5.92 Å². The molecule has 4 heteroatoms. The van der Waals surface area contributed by atoms with Crippen LogP contribution in [0.25, 0.3) is 0 Å². The minimum absolute atomic E-state index is 0.167. The molecular weight excluding hydrogens is 264 g/mol. The van der Waals surface area contributed by atoms with Gasteiger partial charge in [-0.3, -0.25) is 0 Å². The molecule has 1 aromatic heterocycles. The van der Waals surface area contributed by atoms with Gasteiger partial charge in [-0.1, -0.05) is 19.8 Å². The summed E-state index contributed by atoms with van der Waals surface area (Å²) in [5.41, 5.74) is 2.64. The second-order valence-electron chi connectivity index (χ2n) is 6.55. The van der Waals surface area contributed by atoms with E-state index in [0.717, 1.165) is 19.5 Å². The van der Waals surface area contributed by atoms with Crippen molar-refractivity contribution >= 4 is 5.69 Å². The second-order valence-corrected chi connectivity index (χ2v) is 6.55. The molecule has 0 amide bonds. The Labute approximate surface area is 127 Å². The van der Waals surface area contributed by atoms with Crippen molar-refractivity contribution in [3.05, 3.63) is 17.8 Å². The van der Waals surface area contributed by atoms with Crippen LogP contribution in [0.2, 0.25) is 0 Å². The Kier molecular flexibility index (Phi) is 4.34. The first kappa shape index (κ1) is 14.6. The van der Waals surface area contributed by atoms with Crippen LogP contribution >= 0.6 is 0 Å². The van der Waals surface area contributed by atoms with Crippen LogP contribution in [0.4, 0.5) is 5.69 Å². The van der Waals surface area contributed by atoms with Crippen molar-refractivity contribution in [2.75, 3.05) is 25.1 Å². The molecule has 2 atom stereocenters. The van der Waals surface area contributed by atoms with E-state index in [-0.39, 0.29) is 6.10 Å². The van der Waals surface area contributed by atoms with Crippen LogP contribution in [0.3, 0.4) is 0 Å². The molecule has 4 nitrogen and oxygen atoms in total. The third-order valence-corrected chi connectivity index (χ3v) is 5.09. The molecule has 116 valence electrons. The first-order valence-corrected chi connectivity index (χ1v) is 8.16. The molecule has 0 bridgehead atoms. The van der Waals surface area contributed by atoms with Crippen molar-refractivity contribution in [3.63, 3.8) is 0 Å². The number of nitrogens with zero attached hydrogens (tertiary/aromatic N) is 2. The summed E-state index contributed by atoms with van der Waals surface area (Å²) in [6.07, 6.45) is 7.88. The molecule has 1 aliphatic heterocycles. The lowest BCUT2D eigenvalue weighted by atomic mass is 9.93. The quantitative estimate of drug-likeness (QED) is 0.929. The molecule has 0 spiro atoms. The van der Waals surface area contributed by atoms with Crippen LogP contribution < -0.4 is 9.64 Å². The van der Waals surface area contributed by atoms with Gasteiger partial charge in [0.1, 0.15) is 0 Å². The molecule has 3 rings (SSSR count). The highest BCUT2D eigenvalue weighted by atomic mass is 16.5. The maximum atomic E-state index is 9.96. The lowest BCUT2D eigenvalue weighted by Gasteiger charge is -2.37. The monoisotopic (exact) mass is 290 g/mol. The Balaban J connectivity index is 1.90. The van der Waals surface area contributed by atoms with Gasteiger partial charge in [0.25, 0.3) is 0 Å². The van der Waals surface area contributed by atoms with E-state index < -0.39 is 0 Å². The van der Waals surface area contributed by atoms with Crippen molar-refractivity contribution in [3.8, 4) is 5.88 Å². The minimum atomic E-state index is -0.167. The number of anilines is 1. The van der Waals surface area contributed by atoms with Gasteiger partial charge in [-0.05, 0) is 36.7 Å². The van der Waals surface area contributed by atoms with Gasteiger partial charge >= 0.3 is 0 Å². The molecule has 1 N–H and O–H groups in total. The summed E-state index contributed by atoms with van der Waals surface area (Å²) in [6, 6.07) is 2.08. The Bertz CT molecular complexity index is 486. The third kappa shape index (κ3) is 3.00. The lowest BCUT2D eigenvalue weighted by molar-refractivity contribution is 0.0970. The fourth-order valence-electron chi connectivity index (χ4n) is 3.73. The Morgan fingerprint density at radius 1 is 1.29 bits per heavy atom. The average molecular weight is 290 g/mol. The van der Waals surface area contributed by atoms with Crippen molar-refractivity contribution in [1.29, 1.82) is 0 Å². The standard InChI is InChI=1S/C17H26N2O2/c1-12-11-19(8-7-16(12)20)15-9-17(21-2)18-10-14(15)13-5-3-4-6-13/h9-10,12-13,16,20H,3-8,11H2,1-2H3/t12-,16+/m1/s1. The predicted molar refractivity (Wildman–Crippen MR) is 84.0 cm³/mol. The Morgan fingerprint density at radius 3 is 2.71 bits per heavy atom. The first-order chi connectivity index (χ1) is 10.2. The molecule has 2 heterocycles. The number of methoxy groups -OCH3 is 1. The zero-order chi connectivity index (χ0) is 14.8. The highest BCUT2D eigenvalue weighted by Gasteiger charge is 2.28. The maximum Gasteiger partial charge on any atom is 0.215 e. The number of aliphatic hydroxyl groups excluding tert-OH is 1. The second kappa shape index (κ2) is 6.22. The van der Waals surface area contributed by atoms with E-state index in [2.05, 4.69) is 22.9 Å². The number of piperidine rings is 1. The summed E-state index contributed by atoms with van der Waals surface area (Å²) in [4.78, 5) is 6.84. The molecule has 0 aromatic carbocycles. The van der Waals surface area contributed by atoms with Gasteiger partial charge in [-0.15, -0.1) is 0 Å². The normalized spacial score (nSPS) is 27.1. The van der Waals surface area contributed by atoms with Crippen LogP contribution in [0.1, 0.15) is 50.5 Å². The van der Waals surface area contributed by atoms with Gasteiger partial charge in [0.15, 0.2) is 0 Å². The highest BCUT2D eigenvalue weighted by molar-refractivity contribution is 5.57. The molecular formula is C17H26N2O2. The molecule has 1 saturated heterocycles. The molecule has 0 unspecified atom stereocenters. The van der Waals surface area contributed by atoms with E-state index in [1.165, 1.54) is 36.9 Å². The molecule has 21 heavy (non-hydrogen) atoms. The molecule has 1 aliphatic carbocycles. The zero-order valence-electron chi connectivity index (χ0n) is 13.1. The first-order valence-electron chi connectivity index (χ1n) is 8.16. The fraction of sp³-hybridized carbons (Fsp3) is 0.706. The zero-order valence-corrected chi connectivity index (χ0v) is 13.1. The van der Waals surface area contributed by atoms with E-state index in [9.17, 15) is 5.11 Å². The molecule has 2 aliphatic rings. The summed E-state index contributed by atoms with van der Waals surface area (Å²) in [7, 11) is 1.67. The topological polar surface area (TPSA) is 45.6 Å². The highest BCUT2D eigenvalue weighted by Crippen LogP contribution is 2.40. The number of rotatable bonds is 3. The summed E-state index contributed by atoms with van der Waals surface area (Å²) in [6.45, 7) is 3.96. The smallest absolute Gasteiger partial charge is 0.215 e. The molecule has 1 saturated carbocycles. The molecule has 2 fully saturated rings. The van der Waals surface area contributed by atoms with Crippen molar-refractivity contribution in [1.82, 2.24) is 4.98 Å². The summed E-state index contributed by atoms with van der Waals surface area (Å²) < 4.78 is 5.32. The van der Waals surface area contributed by atoms with Gasteiger partial charge in [-0.2, -0.15) is 0 Å². The number of ether oxygens (including phenoxy) is 1. The number of hydrogen-bond donors (Lipinski definition) is 1. The van der Waals surface area contributed by atoms with E-state index >= 15 is 0 Å². The number of aliphatic hydroxyl groups is 1. The Hall–Kier alpha value is -1.29. The Morgan fingerprint density at radius 2 is 2.05 bits per heavy atom. The average Bonchev–Trinajstić information content (AvgIpc) is 3.03. The largest absolute Gasteiger partial charge is 0.481 e. The summed E-state index contributed by atoms with van der Waals surface area (Å²) >= 11 is 0. The SMILES string of the molecule is COc1cc(N2CC[C@H](O)[C@H](C)C2)c(C2CCCC2)cn1. The number of aromatic nitrogens is 1. The van der Waals surface area contributed by atoms with Crippen LogP contribution in [-0.2, 0) is 0 Å². The molecule has 1 aromatic rings. The van der Waals surface area contributed by atoms with E-state index in [1.54, 1.807) is 7.11 Å². The van der Waals surface area contributed by atoms with Crippen LogP contribution in [-0.4, -0.2) is 36.4 Å². The summed E-state index contributed by atoms with van der Waals surface area (Å²) in [5, 5.41) is 9.96. The van der Waals surface area contributed by atoms with Gasteiger partial charge in [0.2, 0.25) is 5.88 Å². The lowest BCUT2D eigenvalue weighted by Crippen LogP contribution is -2.42. The van der Waals surface area contributed by atoms with E-state index in [0.29, 0.717) is 17.7 Å². The van der Waals surface area contributed by atoms with E-state index in [4.69, 9.17) is 4.74 Å². The number of hydrogen-bond acceptors (Lipinski definition) is 4.